The third-order valence-corrected chi connectivity index (χ3v) is 10.0. The molecule has 0 spiro atoms. The van der Waals surface area contributed by atoms with Crippen LogP contribution in [0.1, 0.15) is 58.2 Å². The van der Waals surface area contributed by atoms with Gasteiger partial charge in [0.25, 0.3) is 0 Å². The standard InChI is InChI=1S/C51H50N2/c1-37-34-48(52(46-30-22-42(23-31-46)50(2,3)4)44-26-18-40(19-27-44)38-14-10-8-11-15-38)36-49(35-37)53(47-32-24-43(25-33-47)51(5,6)7)45-28-20-41(21-29-45)39-16-12-9-13-17-39/h8-36H,1-7H3. The normalized spacial score (nSPS) is 11.7. The zero-order chi connectivity index (χ0) is 37.2. The van der Waals surface area contributed by atoms with Crippen molar-refractivity contribution >= 4 is 34.1 Å². The molecular weight excluding hydrogens is 641 g/mol. The quantitative estimate of drug-likeness (QED) is 0.157. The van der Waals surface area contributed by atoms with Crippen LogP contribution in [0.15, 0.2) is 176 Å². The lowest BCUT2D eigenvalue weighted by molar-refractivity contribution is 0.590. The van der Waals surface area contributed by atoms with Crippen LogP contribution in [0.2, 0.25) is 0 Å². The van der Waals surface area contributed by atoms with Gasteiger partial charge in [0.1, 0.15) is 0 Å². The third kappa shape index (κ3) is 7.98. The van der Waals surface area contributed by atoms with Gasteiger partial charge < -0.3 is 9.80 Å². The van der Waals surface area contributed by atoms with Gasteiger partial charge in [0.15, 0.2) is 0 Å². The van der Waals surface area contributed by atoms with Crippen LogP contribution >= 0.6 is 0 Å². The maximum absolute atomic E-state index is 2.39. The van der Waals surface area contributed by atoms with E-state index in [0.29, 0.717) is 0 Å². The monoisotopic (exact) mass is 690 g/mol. The van der Waals surface area contributed by atoms with Crippen LogP contribution < -0.4 is 9.80 Å². The van der Waals surface area contributed by atoms with Gasteiger partial charge in [-0.25, -0.2) is 0 Å². The molecule has 0 amide bonds. The lowest BCUT2D eigenvalue weighted by Crippen LogP contribution is -2.15. The molecule has 0 aliphatic carbocycles. The largest absolute Gasteiger partial charge is 0.310 e. The van der Waals surface area contributed by atoms with Crippen LogP contribution in [-0.4, -0.2) is 0 Å². The van der Waals surface area contributed by atoms with E-state index in [0.717, 1.165) is 34.1 Å². The highest BCUT2D eigenvalue weighted by atomic mass is 15.2. The first kappa shape index (κ1) is 35.5. The minimum absolute atomic E-state index is 0.0658. The van der Waals surface area contributed by atoms with Crippen molar-refractivity contribution in [2.45, 2.75) is 59.3 Å². The Morgan fingerprint density at radius 2 is 0.585 bits per heavy atom. The highest BCUT2D eigenvalue weighted by Gasteiger charge is 2.21. The van der Waals surface area contributed by atoms with E-state index in [1.165, 1.54) is 38.9 Å². The summed E-state index contributed by atoms with van der Waals surface area (Å²) in [5.41, 5.74) is 15.4. The SMILES string of the molecule is Cc1cc(N(c2ccc(-c3ccccc3)cc2)c2ccc(C(C)(C)C)cc2)cc(N(c2ccc(-c3ccccc3)cc2)c2ccc(C(C)(C)C)cc2)c1. The van der Waals surface area contributed by atoms with Crippen LogP contribution in [0.4, 0.5) is 34.1 Å². The number of benzene rings is 7. The zero-order valence-corrected chi connectivity index (χ0v) is 32.1. The van der Waals surface area contributed by atoms with Gasteiger partial charge in [-0.15, -0.1) is 0 Å². The highest BCUT2D eigenvalue weighted by molar-refractivity contribution is 5.85. The van der Waals surface area contributed by atoms with Gasteiger partial charge in [0, 0.05) is 34.1 Å². The van der Waals surface area contributed by atoms with Gasteiger partial charge in [-0.3, -0.25) is 0 Å². The molecule has 0 N–H and O–H groups in total. The number of anilines is 6. The zero-order valence-electron chi connectivity index (χ0n) is 32.1. The average molecular weight is 691 g/mol. The molecule has 0 fully saturated rings. The van der Waals surface area contributed by atoms with Crippen molar-refractivity contribution in [2.75, 3.05) is 9.80 Å². The summed E-state index contributed by atoms with van der Waals surface area (Å²) in [4.78, 5) is 4.77. The predicted molar refractivity (Wildman–Crippen MR) is 229 cm³/mol. The number of aryl methyl sites for hydroxylation is 1. The fourth-order valence-electron chi connectivity index (χ4n) is 6.98. The van der Waals surface area contributed by atoms with Crippen molar-refractivity contribution in [1.29, 1.82) is 0 Å². The minimum Gasteiger partial charge on any atom is -0.310 e. The molecule has 0 saturated carbocycles. The Morgan fingerprint density at radius 3 is 0.887 bits per heavy atom. The van der Waals surface area contributed by atoms with Crippen LogP contribution in [0.5, 0.6) is 0 Å². The summed E-state index contributed by atoms with van der Waals surface area (Å²) in [6.07, 6.45) is 0. The molecule has 0 atom stereocenters. The fraction of sp³-hybridized carbons (Fsp3) is 0.176. The summed E-state index contributed by atoms with van der Waals surface area (Å²) in [5, 5.41) is 0. The Hall–Kier alpha value is -5.86. The molecule has 0 heterocycles. The van der Waals surface area contributed by atoms with Crippen molar-refractivity contribution in [3.05, 3.63) is 193 Å². The second kappa shape index (κ2) is 14.6. The van der Waals surface area contributed by atoms with E-state index >= 15 is 0 Å². The molecule has 7 aromatic carbocycles. The molecule has 0 radical (unpaired) electrons. The van der Waals surface area contributed by atoms with Gasteiger partial charge in [-0.05, 0) is 123 Å². The summed E-state index contributed by atoms with van der Waals surface area (Å²) < 4.78 is 0. The summed E-state index contributed by atoms with van der Waals surface area (Å²) in [6.45, 7) is 15.8. The smallest absolute Gasteiger partial charge is 0.0485 e. The number of nitrogens with zero attached hydrogens (tertiary/aromatic N) is 2. The van der Waals surface area contributed by atoms with Gasteiger partial charge in [-0.2, -0.15) is 0 Å². The second-order valence-corrected chi connectivity index (χ2v) is 16.1. The third-order valence-electron chi connectivity index (χ3n) is 10.0. The first-order valence-electron chi connectivity index (χ1n) is 18.7. The van der Waals surface area contributed by atoms with Gasteiger partial charge >= 0.3 is 0 Å². The molecule has 53 heavy (non-hydrogen) atoms. The summed E-state index contributed by atoms with van der Waals surface area (Å²) >= 11 is 0. The van der Waals surface area contributed by atoms with Gasteiger partial charge in [0.2, 0.25) is 0 Å². The van der Waals surface area contributed by atoms with E-state index in [9.17, 15) is 0 Å². The molecule has 264 valence electrons. The van der Waals surface area contributed by atoms with Gasteiger partial charge in [-0.1, -0.05) is 151 Å². The number of hydrogen-bond donors (Lipinski definition) is 0. The van der Waals surface area contributed by atoms with Crippen LogP contribution in [0.25, 0.3) is 22.3 Å². The molecule has 2 heteroatoms. The molecule has 7 rings (SSSR count). The van der Waals surface area contributed by atoms with E-state index in [-0.39, 0.29) is 10.8 Å². The average Bonchev–Trinajstić information content (AvgIpc) is 3.16. The van der Waals surface area contributed by atoms with Crippen molar-refractivity contribution in [2.24, 2.45) is 0 Å². The Bertz CT molecular complexity index is 2090. The Balaban J connectivity index is 1.36. The second-order valence-electron chi connectivity index (χ2n) is 16.1. The predicted octanol–water partition coefficient (Wildman–Crippen LogP) is 14.9. The Labute approximate surface area is 317 Å². The summed E-state index contributed by atoms with van der Waals surface area (Å²) in [7, 11) is 0. The maximum atomic E-state index is 2.39. The Kier molecular flexibility index (Phi) is 9.82. The molecule has 0 aliphatic rings. The number of rotatable bonds is 8. The summed E-state index contributed by atoms with van der Waals surface area (Å²) in [6, 6.07) is 64.1. The topological polar surface area (TPSA) is 6.48 Å². The summed E-state index contributed by atoms with van der Waals surface area (Å²) in [5.74, 6) is 0. The fourth-order valence-corrected chi connectivity index (χ4v) is 6.98. The van der Waals surface area contributed by atoms with E-state index in [2.05, 4.69) is 234 Å². The molecule has 0 aromatic heterocycles. The lowest BCUT2D eigenvalue weighted by atomic mass is 9.87. The van der Waals surface area contributed by atoms with Crippen LogP contribution in [0, 0.1) is 6.92 Å². The van der Waals surface area contributed by atoms with E-state index in [4.69, 9.17) is 0 Å². The number of hydrogen-bond acceptors (Lipinski definition) is 2. The van der Waals surface area contributed by atoms with Crippen molar-refractivity contribution in [1.82, 2.24) is 0 Å². The maximum Gasteiger partial charge on any atom is 0.0485 e. The van der Waals surface area contributed by atoms with Crippen LogP contribution in [0.3, 0.4) is 0 Å². The van der Waals surface area contributed by atoms with Crippen molar-refractivity contribution < 1.29 is 0 Å². The van der Waals surface area contributed by atoms with E-state index in [1.807, 2.05) is 0 Å². The van der Waals surface area contributed by atoms with Crippen molar-refractivity contribution in [3.63, 3.8) is 0 Å². The molecule has 7 aromatic rings. The van der Waals surface area contributed by atoms with Gasteiger partial charge in [0.05, 0.1) is 0 Å². The lowest BCUT2D eigenvalue weighted by Gasteiger charge is -2.31. The van der Waals surface area contributed by atoms with E-state index < -0.39 is 0 Å². The molecule has 0 saturated heterocycles. The Morgan fingerprint density at radius 1 is 0.302 bits per heavy atom. The highest BCUT2D eigenvalue weighted by Crippen LogP contribution is 2.43. The molecular formula is C51H50N2. The van der Waals surface area contributed by atoms with Crippen molar-refractivity contribution in [3.8, 4) is 22.3 Å². The molecule has 0 unspecified atom stereocenters. The molecule has 2 nitrogen and oxygen atoms in total. The van der Waals surface area contributed by atoms with Crippen LogP contribution in [-0.2, 0) is 10.8 Å². The molecule has 0 bridgehead atoms. The first-order valence-corrected chi connectivity index (χ1v) is 18.7. The minimum atomic E-state index is 0.0658. The first-order chi connectivity index (χ1) is 25.4. The van der Waals surface area contributed by atoms with E-state index in [1.54, 1.807) is 0 Å². The molecule has 0 aliphatic heterocycles.